The maximum absolute atomic E-state index is 12.8. The molecule has 1 atom stereocenters. The fourth-order valence-electron chi connectivity index (χ4n) is 3.78. The highest BCUT2D eigenvalue weighted by molar-refractivity contribution is 7.89. The van der Waals surface area contributed by atoms with Crippen LogP contribution >= 0.6 is 0 Å². The molecule has 1 fully saturated rings. The summed E-state index contributed by atoms with van der Waals surface area (Å²) in [6.45, 7) is 7.51. The Labute approximate surface area is 201 Å². The lowest BCUT2D eigenvalue weighted by molar-refractivity contribution is -0.117. The number of ether oxygens (including phenoxy) is 1. The highest BCUT2D eigenvalue weighted by atomic mass is 32.2. The van der Waals surface area contributed by atoms with Crippen molar-refractivity contribution in [3.8, 4) is 11.8 Å². The molecule has 1 unspecified atom stereocenters. The first-order valence-corrected chi connectivity index (χ1v) is 12.7. The molecule has 1 aliphatic rings. The second-order valence-electron chi connectivity index (χ2n) is 8.08. The van der Waals surface area contributed by atoms with Gasteiger partial charge < -0.3 is 15.0 Å². The lowest BCUT2D eigenvalue weighted by Gasteiger charge is -2.33. The quantitative estimate of drug-likeness (QED) is 0.458. The first kappa shape index (κ1) is 25.3. The molecule has 8 nitrogen and oxygen atoms in total. The van der Waals surface area contributed by atoms with Crippen LogP contribution in [0.1, 0.15) is 31.0 Å². The van der Waals surface area contributed by atoms with E-state index in [1.165, 1.54) is 10.5 Å². The van der Waals surface area contributed by atoms with Gasteiger partial charge in [0.05, 0.1) is 17.5 Å². The minimum Gasteiger partial charge on any atom is -0.494 e. The molecule has 1 saturated heterocycles. The van der Waals surface area contributed by atoms with E-state index < -0.39 is 15.9 Å². The normalized spacial score (nSPS) is 15.9. The first-order valence-electron chi connectivity index (χ1n) is 11.2. The number of hydrogen-bond acceptors (Lipinski definition) is 6. The Kier molecular flexibility index (Phi) is 8.31. The second kappa shape index (κ2) is 11.2. The van der Waals surface area contributed by atoms with Gasteiger partial charge in [0.1, 0.15) is 17.4 Å². The van der Waals surface area contributed by atoms with E-state index in [1.54, 1.807) is 35.2 Å². The number of nitrogens with zero attached hydrogens (tertiary/aromatic N) is 3. The van der Waals surface area contributed by atoms with E-state index in [0.29, 0.717) is 25.4 Å². The molecular formula is C25H30N4O4S. The zero-order valence-electron chi connectivity index (χ0n) is 19.7. The van der Waals surface area contributed by atoms with Crippen LogP contribution in [-0.2, 0) is 14.8 Å². The number of carbonyl (C=O) groups excluding carboxylic acids is 1. The molecule has 1 amide bonds. The Morgan fingerprint density at radius 1 is 1.18 bits per heavy atom. The summed E-state index contributed by atoms with van der Waals surface area (Å²) < 4.78 is 32.7. The smallest absolute Gasteiger partial charge is 0.263 e. The summed E-state index contributed by atoms with van der Waals surface area (Å²) in [5.41, 5.74) is 1.85. The largest absolute Gasteiger partial charge is 0.494 e. The molecule has 1 N–H and O–H groups in total. The Morgan fingerprint density at radius 2 is 1.85 bits per heavy atom. The average molecular weight is 483 g/mol. The molecule has 1 heterocycles. The monoisotopic (exact) mass is 482 g/mol. The number of amides is 1. The van der Waals surface area contributed by atoms with E-state index in [-0.39, 0.29) is 29.6 Å². The summed E-state index contributed by atoms with van der Waals surface area (Å²) in [5.74, 6) is 0.206. The van der Waals surface area contributed by atoms with Crippen LogP contribution in [0, 0.1) is 18.3 Å². The molecule has 0 saturated carbocycles. The van der Waals surface area contributed by atoms with Gasteiger partial charge in [0.2, 0.25) is 10.0 Å². The van der Waals surface area contributed by atoms with E-state index >= 15 is 0 Å². The van der Waals surface area contributed by atoms with E-state index in [4.69, 9.17) is 4.74 Å². The van der Waals surface area contributed by atoms with E-state index in [1.807, 2.05) is 45.0 Å². The van der Waals surface area contributed by atoms with Crippen molar-refractivity contribution in [2.75, 3.05) is 32.8 Å². The van der Waals surface area contributed by atoms with E-state index in [0.717, 1.165) is 11.1 Å². The standard InChI is InChI=1S/C25H30N4O4S/c1-4-33-24-11-10-19(2)16-23(24)20(3)27-25(30)21(17-26)18-28-12-14-29(15-13-28)34(31,32)22-8-6-5-7-9-22/h5-11,16,18,20H,4,12-15H2,1-3H3,(H,27,30)/b21-18-. The maximum atomic E-state index is 12.8. The highest BCUT2D eigenvalue weighted by Crippen LogP contribution is 2.27. The molecule has 2 aromatic rings. The molecule has 0 radical (unpaired) electrons. The van der Waals surface area contributed by atoms with Gasteiger partial charge in [-0.15, -0.1) is 0 Å². The van der Waals surface area contributed by atoms with Crippen molar-refractivity contribution in [3.63, 3.8) is 0 Å². The average Bonchev–Trinajstić information content (AvgIpc) is 2.84. The van der Waals surface area contributed by atoms with Crippen molar-refractivity contribution in [3.05, 3.63) is 71.4 Å². The van der Waals surface area contributed by atoms with Crippen molar-refractivity contribution in [2.24, 2.45) is 0 Å². The van der Waals surface area contributed by atoms with Gasteiger partial charge >= 0.3 is 0 Å². The number of nitrogens with one attached hydrogen (secondary N) is 1. The van der Waals surface area contributed by atoms with Crippen molar-refractivity contribution < 1.29 is 17.9 Å². The molecule has 0 aromatic heterocycles. The Morgan fingerprint density at radius 3 is 2.47 bits per heavy atom. The first-order chi connectivity index (χ1) is 16.3. The predicted octanol–water partition coefficient (Wildman–Crippen LogP) is 2.98. The lowest BCUT2D eigenvalue weighted by Crippen LogP contribution is -2.47. The van der Waals surface area contributed by atoms with Crippen LogP contribution in [0.15, 0.2) is 65.2 Å². The number of hydrogen-bond donors (Lipinski definition) is 1. The number of aryl methyl sites for hydroxylation is 1. The Hall–Kier alpha value is -3.35. The molecule has 2 aromatic carbocycles. The number of piperazine rings is 1. The Balaban J connectivity index is 1.65. The number of benzene rings is 2. The van der Waals surface area contributed by atoms with Gasteiger partial charge in [0.15, 0.2) is 0 Å². The summed E-state index contributed by atoms with van der Waals surface area (Å²) in [6, 6.07) is 15.7. The fraction of sp³-hybridized carbons (Fsp3) is 0.360. The SMILES string of the molecule is CCOc1ccc(C)cc1C(C)NC(=O)/C(C#N)=C\N1CCN(S(=O)(=O)c2ccccc2)CC1. The van der Waals surface area contributed by atoms with Crippen LogP contribution in [-0.4, -0.2) is 56.3 Å². The molecule has 0 bridgehead atoms. The molecule has 0 spiro atoms. The Bertz CT molecular complexity index is 1180. The number of carbonyl (C=O) groups is 1. The van der Waals surface area contributed by atoms with Gasteiger partial charge in [-0.3, -0.25) is 4.79 Å². The van der Waals surface area contributed by atoms with Crippen molar-refractivity contribution in [1.29, 1.82) is 5.26 Å². The van der Waals surface area contributed by atoms with Crippen molar-refractivity contribution >= 4 is 15.9 Å². The van der Waals surface area contributed by atoms with Gasteiger partial charge in [0.25, 0.3) is 5.91 Å². The van der Waals surface area contributed by atoms with Crippen molar-refractivity contribution in [2.45, 2.75) is 31.7 Å². The topological polar surface area (TPSA) is 103 Å². The molecule has 0 aliphatic carbocycles. The summed E-state index contributed by atoms with van der Waals surface area (Å²) in [5, 5.41) is 12.5. The van der Waals surface area contributed by atoms with Gasteiger partial charge in [-0.2, -0.15) is 9.57 Å². The van der Waals surface area contributed by atoms with E-state index in [9.17, 15) is 18.5 Å². The molecule has 9 heteroatoms. The lowest BCUT2D eigenvalue weighted by atomic mass is 10.0. The molecular weight excluding hydrogens is 452 g/mol. The molecule has 34 heavy (non-hydrogen) atoms. The number of rotatable bonds is 8. The minimum absolute atomic E-state index is 0.0307. The van der Waals surface area contributed by atoms with Crippen LogP contribution in [0.3, 0.4) is 0 Å². The van der Waals surface area contributed by atoms with Crippen molar-refractivity contribution in [1.82, 2.24) is 14.5 Å². The van der Waals surface area contributed by atoms with Gasteiger partial charge in [-0.1, -0.05) is 35.9 Å². The third-order valence-electron chi connectivity index (χ3n) is 5.61. The van der Waals surface area contributed by atoms with Crippen LogP contribution in [0.5, 0.6) is 5.75 Å². The molecule has 1 aliphatic heterocycles. The van der Waals surface area contributed by atoms with E-state index in [2.05, 4.69) is 5.32 Å². The second-order valence-corrected chi connectivity index (χ2v) is 10.0. The van der Waals surface area contributed by atoms with Crippen LogP contribution in [0.2, 0.25) is 0 Å². The summed E-state index contributed by atoms with van der Waals surface area (Å²) in [7, 11) is -3.56. The van der Waals surface area contributed by atoms with Gasteiger partial charge in [-0.05, 0) is 39.0 Å². The predicted molar refractivity (Wildman–Crippen MR) is 129 cm³/mol. The maximum Gasteiger partial charge on any atom is 0.263 e. The third kappa shape index (κ3) is 5.95. The number of nitriles is 1. The molecule has 180 valence electrons. The molecule has 3 rings (SSSR count). The zero-order valence-corrected chi connectivity index (χ0v) is 20.5. The summed E-state index contributed by atoms with van der Waals surface area (Å²) >= 11 is 0. The highest BCUT2D eigenvalue weighted by Gasteiger charge is 2.28. The van der Waals surface area contributed by atoms with Crippen LogP contribution < -0.4 is 10.1 Å². The van der Waals surface area contributed by atoms with Gasteiger partial charge in [0, 0.05) is 37.9 Å². The summed E-state index contributed by atoms with van der Waals surface area (Å²) in [4.78, 5) is 14.9. The zero-order chi connectivity index (χ0) is 24.7. The fourth-order valence-corrected chi connectivity index (χ4v) is 5.22. The summed E-state index contributed by atoms with van der Waals surface area (Å²) in [6.07, 6.45) is 1.51. The third-order valence-corrected chi connectivity index (χ3v) is 7.52. The van der Waals surface area contributed by atoms with Gasteiger partial charge in [-0.25, -0.2) is 8.42 Å². The number of sulfonamides is 1. The van der Waals surface area contributed by atoms with Crippen LogP contribution in [0.4, 0.5) is 0 Å². The minimum atomic E-state index is -3.56. The van der Waals surface area contributed by atoms with Crippen LogP contribution in [0.25, 0.3) is 0 Å².